The number of methoxy groups -OCH3 is 1. The number of thiocarbonyl (C=S) groups is 1. The van der Waals surface area contributed by atoms with Crippen LogP contribution in [0.15, 0.2) is 53.4 Å². The molecule has 29 heavy (non-hydrogen) atoms. The zero-order valence-corrected chi connectivity index (χ0v) is 17.6. The van der Waals surface area contributed by atoms with Gasteiger partial charge in [-0.25, -0.2) is 0 Å². The van der Waals surface area contributed by atoms with Crippen LogP contribution in [0.1, 0.15) is 12.5 Å². The predicted octanol–water partition coefficient (Wildman–Crippen LogP) is 3.93. The highest BCUT2D eigenvalue weighted by Gasteiger charge is 2.30. The minimum Gasteiger partial charge on any atom is -0.495 e. The van der Waals surface area contributed by atoms with Crippen LogP contribution < -0.4 is 14.8 Å². The predicted molar refractivity (Wildman–Crippen MR) is 119 cm³/mol. The van der Waals surface area contributed by atoms with Crippen LogP contribution in [0.4, 0.5) is 5.69 Å². The fraction of sp³-hybridized carbons (Fsp3) is 0.190. The minimum atomic E-state index is -0.318. The van der Waals surface area contributed by atoms with E-state index >= 15 is 0 Å². The number of nitrogens with zero attached hydrogens (tertiary/aromatic N) is 1. The molecule has 3 rings (SSSR count). The van der Waals surface area contributed by atoms with Gasteiger partial charge in [0.25, 0.3) is 11.8 Å². The first-order valence-electron chi connectivity index (χ1n) is 8.93. The average molecular weight is 429 g/mol. The summed E-state index contributed by atoms with van der Waals surface area (Å²) in [6, 6.07) is 14.4. The van der Waals surface area contributed by atoms with Crippen molar-refractivity contribution >= 4 is 51.9 Å². The van der Waals surface area contributed by atoms with Gasteiger partial charge in [-0.1, -0.05) is 54.3 Å². The van der Waals surface area contributed by atoms with Crippen LogP contribution in [-0.4, -0.2) is 41.3 Å². The highest BCUT2D eigenvalue weighted by atomic mass is 32.2. The lowest BCUT2D eigenvalue weighted by atomic mass is 10.2. The molecule has 150 valence electrons. The van der Waals surface area contributed by atoms with Gasteiger partial charge in [-0.15, -0.1) is 0 Å². The molecule has 1 aliphatic heterocycles. The van der Waals surface area contributed by atoms with E-state index in [1.165, 1.54) is 11.8 Å². The number of para-hydroxylation sites is 3. The molecule has 0 bridgehead atoms. The molecule has 1 fully saturated rings. The molecule has 0 aromatic heterocycles. The summed E-state index contributed by atoms with van der Waals surface area (Å²) >= 11 is 6.50. The first-order valence-corrected chi connectivity index (χ1v) is 10.2. The zero-order valence-electron chi connectivity index (χ0n) is 16.0. The number of amides is 2. The van der Waals surface area contributed by atoms with Gasteiger partial charge in [0.1, 0.15) is 15.8 Å². The van der Waals surface area contributed by atoms with Crippen molar-refractivity contribution in [1.29, 1.82) is 0 Å². The number of hydrogen-bond acceptors (Lipinski definition) is 6. The molecule has 2 aromatic rings. The Bertz CT molecular complexity index is 975. The van der Waals surface area contributed by atoms with Gasteiger partial charge in [-0.2, -0.15) is 0 Å². The van der Waals surface area contributed by atoms with Crippen LogP contribution in [0.2, 0.25) is 0 Å². The number of nitrogens with one attached hydrogen (secondary N) is 1. The van der Waals surface area contributed by atoms with Gasteiger partial charge < -0.3 is 14.8 Å². The van der Waals surface area contributed by atoms with Gasteiger partial charge in [0, 0.05) is 12.1 Å². The van der Waals surface area contributed by atoms with E-state index in [1.54, 1.807) is 42.4 Å². The third-order valence-corrected chi connectivity index (χ3v) is 5.51. The summed E-state index contributed by atoms with van der Waals surface area (Å²) in [6.07, 6.45) is 1.74. The van der Waals surface area contributed by atoms with Gasteiger partial charge in [-0.3, -0.25) is 14.5 Å². The van der Waals surface area contributed by atoms with Gasteiger partial charge in [0.2, 0.25) is 0 Å². The van der Waals surface area contributed by atoms with E-state index in [9.17, 15) is 9.59 Å². The van der Waals surface area contributed by atoms with Crippen LogP contribution in [0.25, 0.3) is 6.08 Å². The maximum absolute atomic E-state index is 12.4. The summed E-state index contributed by atoms with van der Waals surface area (Å²) in [5.41, 5.74) is 1.27. The number of hydrogen-bond donors (Lipinski definition) is 1. The number of carbonyl (C=O) groups excluding carboxylic acids is 2. The van der Waals surface area contributed by atoms with Crippen molar-refractivity contribution in [3.63, 3.8) is 0 Å². The number of rotatable bonds is 7. The molecule has 0 atom stereocenters. The van der Waals surface area contributed by atoms with Gasteiger partial charge in [0.15, 0.2) is 6.61 Å². The van der Waals surface area contributed by atoms with Gasteiger partial charge >= 0.3 is 0 Å². The highest BCUT2D eigenvalue weighted by molar-refractivity contribution is 8.26. The standard InChI is InChI=1S/C21H20N2O4S2/c1-3-23-20(25)18(29-21(23)28)12-14-8-4-6-10-16(14)27-13-19(24)22-15-9-5-7-11-17(15)26-2/h4-12H,3,13H2,1-2H3,(H,22,24)/b18-12+. The van der Waals surface area contributed by atoms with E-state index in [0.717, 1.165) is 0 Å². The maximum atomic E-state index is 12.4. The van der Waals surface area contributed by atoms with Crippen molar-refractivity contribution in [2.24, 2.45) is 0 Å². The summed E-state index contributed by atoms with van der Waals surface area (Å²) in [7, 11) is 1.54. The van der Waals surface area contributed by atoms with Crippen molar-refractivity contribution in [2.75, 3.05) is 25.6 Å². The molecule has 2 amide bonds. The lowest BCUT2D eigenvalue weighted by Gasteiger charge is -2.12. The zero-order chi connectivity index (χ0) is 20.8. The second-order valence-corrected chi connectivity index (χ2v) is 7.68. The summed E-state index contributed by atoms with van der Waals surface area (Å²) in [4.78, 5) is 26.8. The Balaban J connectivity index is 1.70. The molecule has 2 aromatic carbocycles. The molecule has 8 heteroatoms. The number of thioether (sulfide) groups is 1. The fourth-order valence-electron chi connectivity index (χ4n) is 2.72. The van der Waals surface area contributed by atoms with E-state index in [4.69, 9.17) is 21.7 Å². The molecular weight excluding hydrogens is 408 g/mol. The minimum absolute atomic E-state index is 0.119. The molecule has 0 spiro atoms. The molecule has 0 unspecified atom stereocenters. The van der Waals surface area contributed by atoms with E-state index in [2.05, 4.69) is 5.32 Å². The third kappa shape index (κ3) is 4.96. The Kier molecular flexibility index (Phi) is 6.90. The third-order valence-electron chi connectivity index (χ3n) is 4.14. The molecule has 6 nitrogen and oxygen atoms in total. The van der Waals surface area contributed by atoms with E-state index in [-0.39, 0.29) is 18.4 Å². The lowest BCUT2D eigenvalue weighted by Crippen LogP contribution is -2.27. The van der Waals surface area contributed by atoms with E-state index in [0.29, 0.717) is 38.5 Å². The Morgan fingerprint density at radius 1 is 1.17 bits per heavy atom. The van der Waals surface area contributed by atoms with Gasteiger partial charge in [0.05, 0.1) is 17.7 Å². The van der Waals surface area contributed by atoms with Crippen LogP contribution in [0, 0.1) is 0 Å². The Morgan fingerprint density at radius 2 is 1.86 bits per heavy atom. The fourth-order valence-corrected chi connectivity index (χ4v) is 4.10. The van der Waals surface area contributed by atoms with Crippen molar-refractivity contribution in [3.8, 4) is 11.5 Å². The van der Waals surface area contributed by atoms with Crippen molar-refractivity contribution < 1.29 is 19.1 Å². The van der Waals surface area contributed by atoms with Crippen LogP contribution in [0.5, 0.6) is 11.5 Å². The molecule has 0 aliphatic carbocycles. The molecule has 1 aliphatic rings. The van der Waals surface area contributed by atoms with E-state index in [1.807, 2.05) is 31.2 Å². The van der Waals surface area contributed by atoms with Crippen LogP contribution >= 0.6 is 24.0 Å². The van der Waals surface area contributed by atoms with E-state index < -0.39 is 0 Å². The lowest BCUT2D eigenvalue weighted by molar-refractivity contribution is -0.122. The Morgan fingerprint density at radius 3 is 2.55 bits per heavy atom. The normalized spacial score (nSPS) is 15.0. The Labute approximate surface area is 178 Å². The monoisotopic (exact) mass is 428 g/mol. The van der Waals surface area contributed by atoms with Crippen LogP contribution in [-0.2, 0) is 9.59 Å². The van der Waals surface area contributed by atoms with Crippen molar-refractivity contribution in [2.45, 2.75) is 6.92 Å². The quantitative estimate of drug-likeness (QED) is 0.532. The smallest absolute Gasteiger partial charge is 0.266 e. The second-order valence-electron chi connectivity index (χ2n) is 6.00. The maximum Gasteiger partial charge on any atom is 0.266 e. The number of ether oxygens (including phenoxy) is 2. The molecule has 1 N–H and O–H groups in total. The largest absolute Gasteiger partial charge is 0.495 e. The summed E-state index contributed by atoms with van der Waals surface area (Å²) in [6.45, 7) is 2.23. The number of likely N-dealkylation sites (N-methyl/N-ethyl adjacent to an activating group) is 1. The topological polar surface area (TPSA) is 67.9 Å². The highest BCUT2D eigenvalue weighted by Crippen LogP contribution is 2.34. The average Bonchev–Trinajstić information content (AvgIpc) is 3.00. The second kappa shape index (κ2) is 9.58. The van der Waals surface area contributed by atoms with Crippen molar-refractivity contribution in [1.82, 2.24) is 4.90 Å². The number of benzene rings is 2. The van der Waals surface area contributed by atoms with Crippen LogP contribution in [0.3, 0.4) is 0 Å². The summed E-state index contributed by atoms with van der Waals surface area (Å²) in [5.74, 6) is 0.636. The molecule has 1 saturated heterocycles. The molecular formula is C21H20N2O4S2. The van der Waals surface area contributed by atoms with Crippen molar-refractivity contribution in [3.05, 3.63) is 59.0 Å². The molecule has 1 heterocycles. The summed E-state index contributed by atoms with van der Waals surface area (Å²) in [5, 5.41) is 2.76. The SMILES string of the molecule is CCN1C(=O)/C(=C\c2ccccc2OCC(=O)Nc2ccccc2OC)SC1=S. The van der Waals surface area contributed by atoms with Gasteiger partial charge in [-0.05, 0) is 31.2 Å². The summed E-state index contributed by atoms with van der Waals surface area (Å²) < 4.78 is 11.5. The first kappa shape index (κ1) is 20.9. The molecule has 0 saturated carbocycles. The Hall–Kier alpha value is -2.84. The first-order chi connectivity index (χ1) is 14.0. The molecule has 0 radical (unpaired) electrons. The number of carbonyl (C=O) groups is 2. The number of anilines is 1.